The maximum absolute atomic E-state index is 12.4. The number of Topliss-reactive ketones (excluding diaryl/α,β-unsaturated/α-hetero) is 1. The topological polar surface area (TPSA) is 87.1 Å². The van der Waals surface area contributed by atoms with Crippen LogP contribution in [-0.4, -0.2) is 45.7 Å². The van der Waals surface area contributed by atoms with Gasteiger partial charge in [0.15, 0.2) is 11.6 Å². The second-order valence-electron chi connectivity index (χ2n) is 9.72. The summed E-state index contributed by atoms with van der Waals surface area (Å²) in [6.07, 6.45) is 7.08. The van der Waals surface area contributed by atoms with Gasteiger partial charge in [-0.3, -0.25) is 9.59 Å². The first kappa shape index (κ1) is 17.1. The van der Waals surface area contributed by atoms with E-state index in [-0.39, 0.29) is 28.8 Å². The van der Waals surface area contributed by atoms with Crippen LogP contribution in [0.4, 0.5) is 0 Å². The molecule has 0 bridgehead atoms. The molecule has 1 aliphatic heterocycles. The van der Waals surface area contributed by atoms with Crippen molar-refractivity contribution in [3.63, 3.8) is 0 Å². The Bertz CT molecular complexity index is 743. The Labute approximate surface area is 153 Å². The fraction of sp³-hybridized carbons (Fsp3) is 0.810. The van der Waals surface area contributed by atoms with Crippen LogP contribution in [0.25, 0.3) is 0 Å². The number of ketones is 2. The smallest absolute Gasteiger partial charge is 0.190 e. The first-order valence-electron chi connectivity index (χ1n) is 10.0. The maximum Gasteiger partial charge on any atom is 0.190 e. The lowest BCUT2D eigenvalue weighted by Gasteiger charge is -2.56. The molecule has 4 aliphatic carbocycles. The van der Waals surface area contributed by atoms with Crippen molar-refractivity contribution in [1.29, 1.82) is 0 Å². The first-order chi connectivity index (χ1) is 12.2. The lowest BCUT2D eigenvalue weighted by atomic mass is 9.46. The van der Waals surface area contributed by atoms with Gasteiger partial charge in [0.25, 0.3) is 0 Å². The average molecular weight is 360 g/mol. The highest BCUT2D eigenvalue weighted by Crippen LogP contribution is 2.76. The van der Waals surface area contributed by atoms with E-state index >= 15 is 0 Å². The number of aliphatic hydroxyl groups is 2. The molecule has 7 atom stereocenters. The number of fused-ring (bicyclic) bond motifs is 3. The summed E-state index contributed by atoms with van der Waals surface area (Å²) in [5.41, 5.74) is -1.06. The van der Waals surface area contributed by atoms with Gasteiger partial charge in [0.2, 0.25) is 0 Å². The molecule has 142 valence electrons. The van der Waals surface area contributed by atoms with Crippen LogP contribution in [0.5, 0.6) is 0 Å². The second kappa shape index (κ2) is 4.86. The molecule has 0 aromatic carbocycles. The Kier molecular flexibility index (Phi) is 3.20. The van der Waals surface area contributed by atoms with E-state index in [0.29, 0.717) is 25.2 Å². The third-order valence-corrected chi connectivity index (χ3v) is 9.09. The summed E-state index contributed by atoms with van der Waals surface area (Å²) in [7, 11) is 0. The molecule has 2 N–H and O–H groups in total. The molecular weight excluding hydrogens is 332 g/mol. The molecule has 0 unspecified atom stereocenters. The molecule has 0 aromatic heterocycles. The van der Waals surface area contributed by atoms with E-state index < -0.39 is 23.4 Å². The number of hydrogen-bond donors (Lipinski definition) is 2. The summed E-state index contributed by atoms with van der Waals surface area (Å²) in [4.78, 5) is 24.4. The third kappa shape index (κ3) is 1.65. The molecule has 3 saturated carbocycles. The Morgan fingerprint density at radius 1 is 1.23 bits per heavy atom. The van der Waals surface area contributed by atoms with Crippen LogP contribution in [0.2, 0.25) is 0 Å². The number of hydrogen-bond acceptors (Lipinski definition) is 5. The predicted octanol–water partition coefficient (Wildman–Crippen LogP) is 1.94. The van der Waals surface area contributed by atoms with E-state index in [9.17, 15) is 19.8 Å². The monoisotopic (exact) mass is 360 g/mol. The van der Waals surface area contributed by atoms with Crippen LogP contribution in [0.1, 0.15) is 58.8 Å². The van der Waals surface area contributed by atoms with Crippen molar-refractivity contribution >= 4 is 11.6 Å². The minimum Gasteiger partial charge on any atom is -0.388 e. The zero-order chi connectivity index (χ0) is 18.5. The summed E-state index contributed by atoms with van der Waals surface area (Å²) >= 11 is 0. The summed E-state index contributed by atoms with van der Waals surface area (Å²) in [5, 5.41) is 20.7. The molecule has 1 spiro atoms. The lowest BCUT2D eigenvalue weighted by molar-refractivity contribution is -0.160. The van der Waals surface area contributed by atoms with Crippen molar-refractivity contribution in [3.05, 3.63) is 11.6 Å². The number of carbonyl (C=O) groups excluding carboxylic acids is 2. The Morgan fingerprint density at radius 3 is 2.73 bits per heavy atom. The third-order valence-electron chi connectivity index (χ3n) is 9.09. The molecule has 1 saturated heterocycles. The number of epoxide rings is 1. The highest BCUT2D eigenvalue weighted by atomic mass is 16.6. The van der Waals surface area contributed by atoms with E-state index in [1.807, 2.05) is 13.0 Å². The average Bonchev–Trinajstić information content (AvgIpc) is 3.27. The van der Waals surface area contributed by atoms with Gasteiger partial charge in [-0.15, -0.1) is 0 Å². The Hall–Kier alpha value is -1.04. The number of aliphatic hydroxyl groups excluding tert-OH is 1. The van der Waals surface area contributed by atoms with Gasteiger partial charge in [-0.05, 0) is 56.4 Å². The van der Waals surface area contributed by atoms with Crippen molar-refractivity contribution in [2.24, 2.45) is 22.7 Å². The molecule has 5 rings (SSSR count). The van der Waals surface area contributed by atoms with E-state index in [4.69, 9.17) is 4.74 Å². The minimum atomic E-state index is -1.44. The minimum absolute atomic E-state index is 0.0340. The van der Waals surface area contributed by atoms with Crippen LogP contribution in [0.3, 0.4) is 0 Å². The van der Waals surface area contributed by atoms with Crippen LogP contribution in [-0.2, 0) is 14.3 Å². The van der Waals surface area contributed by atoms with E-state index in [1.54, 1.807) is 0 Å². The predicted molar refractivity (Wildman–Crippen MR) is 93.2 cm³/mol. The van der Waals surface area contributed by atoms with Gasteiger partial charge in [0.1, 0.15) is 17.8 Å². The number of ether oxygens (including phenoxy) is 1. The van der Waals surface area contributed by atoms with Gasteiger partial charge in [-0.1, -0.05) is 19.4 Å². The molecule has 0 aromatic rings. The van der Waals surface area contributed by atoms with Crippen LogP contribution >= 0.6 is 0 Å². The zero-order valence-corrected chi connectivity index (χ0v) is 15.6. The van der Waals surface area contributed by atoms with Crippen molar-refractivity contribution in [1.82, 2.24) is 0 Å². The molecule has 5 nitrogen and oxygen atoms in total. The van der Waals surface area contributed by atoms with Gasteiger partial charge < -0.3 is 14.9 Å². The molecule has 26 heavy (non-hydrogen) atoms. The highest BCUT2D eigenvalue weighted by molar-refractivity contribution is 5.92. The summed E-state index contributed by atoms with van der Waals surface area (Å²) in [5.74, 6) is 0.315. The first-order valence-corrected chi connectivity index (χ1v) is 10.0. The normalized spacial score (nSPS) is 54.5. The fourth-order valence-electron chi connectivity index (χ4n) is 7.61. The molecule has 5 aliphatic rings. The van der Waals surface area contributed by atoms with Crippen LogP contribution in [0.15, 0.2) is 11.6 Å². The quantitative estimate of drug-likeness (QED) is 0.735. The highest BCUT2D eigenvalue weighted by Gasteiger charge is 2.81. The molecule has 0 radical (unpaired) electrons. The number of rotatable bonds is 2. The van der Waals surface area contributed by atoms with Crippen molar-refractivity contribution in [3.8, 4) is 0 Å². The van der Waals surface area contributed by atoms with Crippen LogP contribution in [0, 0.1) is 22.7 Å². The molecule has 1 heterocycles. The fourth-order valence-corrected chi connectivity index (χ4v) is 7.61. The summed E-state index contributed by atoms with van der Waals surface area (Å²) in [6, 6.07) is 0. The van der Waals surface area contributed by atoms with E-state index in [0.717, 1.165) is 25.7 Å². The van der Waals surface area contributed by atoms with Crippen molar-refractivity contribution < 1.29 is 24.5 Å². The van der Waals surface area contributed by atoms with Gasteiger partial charge in [-0.2, -0.15) is 0 Å². The largest absolute Gasteiger partial charge is 0.388 e. The molecule has 0 amide bonds. The number of carbonyl (C=O) groups is 2. The van der Waals surface area contributed by atoms with E-state index in [1.165, 1.54) is 5.57 Å². The van der Waals surface area contributed by atoms with Gasteiger partial charge in [0, 0.05) is 17.3 Å². The SMILES string of the molecule is C[C@]12CCC(=O)C=C1CC[C@@H]1[C@@H]3CC[C@](O)(C(=O)CO)[C@@]3(C)C[C@@H]3O[C@@]312. The summed E-state index contributed by atoms with van der Waals surface area (Å²) in [6.45, 7) is 3.69. The second-order valence-corrected chi connectivity index (χ2v) is 9.72. The van der Waals surface area contributed by atoms with Gasteiger partial charge in [0.05, 0.1) is 6.10 Å². The van der Waals surface area contributed by atoms with E-state index in [2.05, 4.69) is 6.92 Å². The standard InChI is InChI=1S/C21H28O5/c1-18-7-5-13(23)9-12(18)3-4-15-14-6-8-20(25,16(24)11-22)19(14,2)10-17-21(15,18)26-17/h9,14-15,17,22,25H,3-8,10-11H2,1-2H3/t14-,15+,17-,18-,19-,20-,21+/m0/s1. The summed E-state index contributed by atoms with van der Waals surface area (Å²) < 4.78 is 6.45. The van der Waals surface area contributed by atoms with Crippen LogP contribution < -0.4 is 0 Å². The lowest BCUT2D eigenvalue weighted by Crippen LogP contribution is -2.61. The van der Waals surface area contributed by atoms with Crippen molar-refractivity contribution in [2.75, 3.05) is 6.61 Å². The molecular formula is C21H28O5. The maximum atomic E-state index is 12.4. The Morgan fingerprint density at radius 2 is 2.00 bits per heavy atom. The Balaban J connectivity index is 1.57. The zero-order valence-electron chi connectivity index (χ0n) is 15.6. The molecule has 4 fully saturated rings. The molecule has 5 heteroatoms. The van der Waals surface area contributed by atoms with Crippen molar-refractivity contribution in [2.45, 2.75) is 76.1 Å². The van der Waals surface area contributed by atoms with Gasteiger partial charge in [-0.25, -0.2) is 0 Å². The van der Waals surface area contributed by atoms with Gasteiger partial charge >= 0.3 is 0 Å².